The molecule has 0 aromatic rings. The standard InChI is InChI=1S/C6H13ClO/c1-5(4-7)6(2,3)8/h5,8H,4H2,1-3H3/t5-/m0/s1. The lowest BCUT2D eigenvalue weighted by atomic mass is 9.95. The zero-order valence-corrected chi connectivity index (χ0v) is 6.37. The highest BCUT2D eigenvalue weighted by atomic mass is 35.5. The van der Waals surface area contributed by atoms with E-state index < -0.39 is 5.60 Å². The average molecular weight is 137 g/mol. The molecule has 0 aliphatic heterocycles. The molecule has 0 aliphatic rings. The second-order valence-electron chi connectivity index (χ2n) is 2.71. The van der Waals surface area contributed by atoms with E-state index in [9.17, 15) is 5.11 Å². The molecule has 0 saturated carbocycles. The third-order valence-corrected chi connectivity index (χ3v) is 1.90. The first kappa shape index (κ1) is 8.25. The summed E-state index contributed by atoms with van der Waals surface area (Å²) in [6.07, 6.45) is 0. The molecule has 50 valence electrons. The van der Waals surface area contributed by atoms with Gasteiger partial charge in [0.1, 0.15) is 0 Å². The lowest BCUT2D eigenvalue weighted by Gasteiger charge is -2.23. The van der Waals surface area contributed by atoms with Gasteiger partial charge in [0, 0.05) is 5.88 Å². The van der Waals surface area contributed by atoms with E-state index in [0.717, 1.165) is 0 Å². The Kier molecular flexibility index (Phi) is 2.78. The van der Waals surface area contributed by atoms with Gasteiger partial charge in [-0.15, -0.1) is 11.6 Å². The molecule has 0 bridgehead atoms. The van der Waals surface area contributed by atoms with Gasteiger partial charge < -0.3 is 5.11 Å². The summed E-state index contributed by atoms with van der Waals surface area (Å²) >= 11 is 5.48. The van der Waals surface area contributed by atoms with Crippen molar-refractivity contribution >= 4 is 11.6 Å². The lowest BCUT2D eigenvalue weighted by molar-refractivity contribution is 0.0341. The second-order valence-corrected chi connectivity index (χ2v) is 3.02. The Labute approximate surface area is 55.7 Å². The largest absolute Gasteiger partial charge is 0.390 e. The van der Waals surface area contributed by atoms with Crippen molar-refractivity contribution < 1.29 is 5.11 Å². The van der Waals surface area contributed by atoms with Crippen LogP contribution in [0.2, 0.25) is 0 Å². The number of hydrogen-bond acceptors (Lipinski definition) is 1. The molecule has 8 heavy (non-hydrogen) atoms. The van der Waals surface area contributed by atoms with E-state index in [1.54, 1.807) is 13.8 Å². The number of alkyl halides is 1. The van der Waals surface area contributed by atoms with Gasteiger partial charge in [-0.2, -0.15) is 0 Å². The summed E-state index contributed by atoms with van der Waals surface area (Å²) in [6.45, 7) is 5.45. The average Bonchev–Trinajstić information content (AvgIpc) is 1.62. The zero-order valence-electron chi connectivity index (χ0n) is 5.61. The first-order chi connectivity index (χ1) is 3.48. The van der Waals surface area contributed by atoms with Gasteiger partial charge in [0.15, 0.2) is 0 Å². The molecule has 0 fully saturated rings. The number of aliphatic hydroxyl groups is 1. The van der Waals surface area contributed by atoms with Gasteiger partial charge in [-0.3, -0.25) is 0 Å². The van der Waals surface area contributed by atoms with Crippen LogP contribution in [0.1, 0.15) is 20.8 Å². The molecule has 1 atom stereocenters. The molecule has 0 unspecified atom stereocenters. The molecule has 0 rings (SSSR count). The van der Waals surface area contributed by atoms with Crippen molar-refractivity contribution in [2.75, 3.05) is 5.88 Å². The summed E-state index contributed by atoms with van der Waals surface area (Å²) < 4.78 is 0. The molecule has 1 nitrogen and oxygen atoms in total. The highest BCUT2D eigenvalue weighted by molar-refractivity contribution is 6.18. The number of halogens is 1. The maximum atomic E-state index is 9.20. The molecule has 0 heterocycles. The zero-order chi connectivity index (χ0) is 6.78. The highest BCUT2D eigenvalue weighted by Gasteiger charge is 2.20. The molecular formula is C6H13ClO. The van der Waals surface area contributed by atoms with Gasteiger partial charge in [0.25, 0.3) is 0 Å². The Bertz CT molecular complexity index is 65.4. The van der Waals surface area contributed by atoms with Gasteiger partial charge in [-0.25, -0.2) is 0 Å². The fourth-order valence-electron chi connectivity index (χ4n) is 0.189. The summed E-state index contributed by atoms with van der Waals surface area (Å²) in [5, 5.41) is 9.20. The fraction of sp³-hybridized carbons (Fsp3) is 1.00. The smallest absolute Gasteiger partial charge is 0.0628 e. The van der Waals surface area contributed by atoms with Crippen molar-refractivity contribution in [2.24, 2.45) is 5.92 Å². The lowest BCUT2D eigenvalue weighted by Crippen LogP contribution is -2.29. The van der Waals surface area contributed by atoms with Crippen molar-refractivity contribution in [1.29, 1.82) is 0 Å². The Hall–Kier alpha value is 0.250. The summed E-state index contributed by atoms with van der Waals surface area (Å²) in [5.41, 5.74) is -0.623. The molecule has 0 saturated heterocycles. The maximum absolute atomic E-state index is 9.20. The van der Waals surface area contributed by atoms with E-state index >= 15 is 0 Å². The molecule has 0 radical (unpaired) electrons. The van der Waals surface area contributed by atoms with Crippen molar-refractivity contribution in [3.63, 3.8) is 0 Å². The topological polar surface area (TPSA) is 20.2 Å². The Morgan fingerprint density at radius 2 is 2.00 bits per heavy atom. The third kappa shape index (κ3) is 2.53. The van der Waals surface area contributed by atoms with Crippen molar-refractivity contribution in [3.8, 4) is 0 Å². The maximum Gasteiger partial charge on any atom is 0.0628 e. The van der Waals surface area contributed by atoms with Crippen LogP contribution in [0.4, 0.5) is 0 Å². The molecule has 2 heteroatoms. The molecule has 0 aromatic heterocycles. The van der Waals surface area contributed by atoms with Crippen LogP contribution in [0.15, 0.2) is 0 Å². The SMILES string of the molecule is C[C@@H](CCl)C(C)(C)O. The van der Waals surface area contributed by atoms with Crippen molar-refractivity contribution in [1.82, 2.24) is 0 Å². The third-order valence-electron chi connectivity index (χ3n) is 1.44. The molecule has 0 aliphatic carbocycles. The number of hydrogen-bond donors (Lipinski definition) is 1. The Morgan fingerprint density at radius 1 is 1.62 bits per heavy atom. The highest BCUT2D eigenvalue weighted by Crippen LogP contribution is 2.15. The summed E-state index contributed by atoms with van der Waals surface area (Å²) in [7, 11) is 0. The molecule has 0 aromatic carbocycles. The first-order valence-electron chi connectivity index (χ1n) is 2.77. The van der Waals surface area contributed by atoms with Crippen molar-refractivity contribution in [3.05, 3.63) is 0 Å². The molecule has 0 spiro atoms. The normalized spacial score (nSPS) is 16.1. The van der Waals surface area contributed by atoms with E-state index in [-0.39, 0.29) is 5.92 Å². The molecule has 0 amide bonds. The van der Waals surface area contributed by atoms with E-state index in [2.05, 4.69) is 0 Å². The van der Waals surface area contributed by atoms with E-state index in [0.29, 0.717) is 5.88 Å². The van der Waals surface area contributed by atoms with Crippen LogP contribution in [-0.2, 0) is 0 Å². The monoisotopic (exact) mass is 136 g/mol. The fourth-order valence-corrected chi connectivity index (χ4v) is 0.566. The molecule has 1 N–H and O–H groups in total. The summed E-state index contributed by atoms with van der Waals surface area (Å²) in [5.74, 6) is 0.688. The predicted molar refractivity (Wildman–Crippen MR) is 36.2 cm³/mol. The minimum Gasteiger partial charge on any atom is -0.390 e. The quantitative estimate of drug-likeness (QED) is 0.573. The van der Waals surface area contributed by atoms with Crippen molar-refractivity contribution in [2.45, 2.75) is 26.4 Å². The number of rotatable bonds is 2. The van der Waals surface area contributed by atoms with Crippen LogP contribution in [0.3, 0.4) is 0 Å². The summed E-state index contributed by atoms with van der Waals surface area (Å²) in [6, 6.07) is 0. The van der Waals surface area contributed by atoms with E-state index in [1.807, 2.05) is 6.92 Å². The van der Waals surface area contributed by atoms with Gasteiger partial charge in [-0.1, -0.05) is 6.92 Å². The van der Waals surface area contributed by atoms with Gasteiger partial charge in [-0.05, 0) is 19.8 Å². The molecular weight excluding hydrogens is 124 g/mol. The predicted octanol–water partition coefficient (Wildman–Crippen LogP) is 1.63. The van der Waals surface area contributed by atoms with Gasteiger partial charge >= 0.3 is 0 Å². The van der Waals surface area contributed by atoms with Crippen LogP contribution in [-0.4, -0.2) is 16.6 Å². The summed E-state index contributed by atoms with van der Waals surface area (Å²) in [4.78, 5) is 0. The van der Waals surface area contributed by atoms with Gasteiger partial charge in [0.05, 0.1) is 5.60 Å². The Morgan fingerprint density at radius 3 is 2.00 bits per heavy atom. The first-order valence-corrected chi connectivity index (χ1v) is 3.30. The van der Waals surface area contributed by atoms with Crippen LogP contribution in [0.5, 0.6) is 0 Å². The van der Waals surface area contributed by atoms with E-state index in [4.69, 9.17) is 11.6 Å². The minimum absolute atomic E-state index is 0.171. The Balaban J connectivity index is 3.62. The van der Waals surface area contributed by atoms with Gasteiger partial charge in [0.2, 0.25) is 0 Å². The van der Waals surface area contributed by atoms with Crippen LogP contribution < -0.4 is 0 Å². The van der Waals surface area contributed by atoms with E-state index in [1.165, 1.54) is 0 Å². The minimum atomic E-state index is -0.623. The van der Waals surface area contributed by atoms with Crippen LogP contribution >= 0.6 is 11.6 Å². The van der Waals surface area contributed by atoms with Crippen LogP contribution in [0.25, 0.3) is 0 Å². The van der Waals surface area contributed by atoms with Crippen LogP contribution in [0, 0.1) is 5.92 Å². The second kappa shape index (κ2) is 2.70.